The number of carbonyl (C=O) groups is 2. The van der Waals surface area contributed by atoms with Gasteiger partial charge in [0.25, 0.3) is 0 Å². The van der Waals surface area contributed by atoms with Crippen molar-refractivity contribution in [2.24, 2.45) is 5.92 Å². The molecular weight excluding hydrogens is 351 g/mol. The van der Waals surface area contributed by atoms with Gasteiger partial charge in [0.2, 0.25) is 5.91 Å². The number of urea groups is 1. The first-order valence-corrected chi connectivity index (χ1v) is 8.36. The molecule has 0 spiro atoms. The van der Waals surface area contributed by atoms with Crippen LogP contribution in [0, 0.1) is 5.92 Å². The Morgan fingerprint density at radius 2 is 1.73 bits per heavy atom. The number of nitrogens with one attached hydrogen (secondary N) is 2. The van der Waals surface area contributed by atoms with Crippen molar-refractivity contribution in [2.45, 2.75) is 39.1 Å². The van der Waals surface area contributed by atoms with E-state index >= 15 is 0 Å². The second-order valence-electron chi connectivity index (χ2n) is 6.42. The minimum absolute atomic E-state index is 0.0490. The lowest BCUT2D eigenvalue weighted by Crippen LogP contribution is -2.48. The summed E-state index contributed by atoms with van der Waals surface area (Å²) in [5, 5.41) is 5.37. The van der Waals surface area contributed by atoms with Crippen molar-refractivity contribution in [1.29, 1.82) is 0 Å². The fourth-order valence-corrected chi connectivity index (χ4v) is 2.70. The van der Waals surface area contributed by atoms with Crippen LogP contribution in [0.15, 0.2) is 24.3 Å². The molecule has 0 saturated carbocycles. The second kappa shape index (κ2) is 8.29. The van der Waals surface area contributed by atoms with E-state index in [1.54, 1.807) is 4.90 Å². The number of hydrogen-bond donors (Lipinski definition) is 2. The van der Waals surface area contributed by atoms with Gasteiger partial charge in [0.1, 0.15) is 5.75 Å². The Balaban J connectivity index is 1.78. The number of carbonyl (C=O) groups excluding carboxylic acids is 2. The van der Waals surface area contributed by atoms with Gasteiger partial charge in [-0.25, -0.2) is 4.79 Å². The first-order chi connectivity index (χ1) is 12.1. The maximum Gasteiger partial charge on any atom is 0.573 e. The standard InChI is InChI=1S/C17H22F3N3O3/c1-11(2)15(24)23-9-7-13(8-10-23)22-16(25)21-12-3-5-14(6-4-12)26-17(18,19)20/h3-6,11,13H,7-10H2,1-2H3,(H2,21,22,25). The van der Waals surface area contributed by atoms with Crippen molar-refractivity contribution >= 4 is 17.6 Å². The van der Waals surface area contributed by atoms with E-state index in [1.165, 1.54) is 12.1 Å². The molecule has 1 aromatic rings. The summed E-state index contributed by atoms with van der Waals surface area (Å²) >= 11 is 0. The van der Waals surface area contributed by atoms with Crippen molar-refractivity contribution in [1.82, 2.24) is 10.2 Å². The fraction of sp³-hybridized carbons (Fsp3) is 0.529. The first-order valence-electron chi connectivity index (χ1n) is 8.36. The monoisotopic (exact) mass is 373 g/mol. The predicted octanol–water partition coefficient (Wildman–Crippen LogP) is 3.35. The van der Waals surface area contributed by atoms with Gasteiger partial charge in [-0.15, -0.1) is 13.2 Å². The summed E-state index contributed by atoms with van der Waals surface area (Å²) in [5.74, 6) is -0.299. The van der Waals surface area contributed by atoms with Crippen molar-refractivity contribution in [3.8, 4) is 5.75 Å². The van der Waals surface area contributed by atoms with Crippen LogP contribution in [-0.4, -0.2) is 42.3 Å². The number of rotatable bonds is 4. The van der Waals surface area contributed by atoms with Gasteiger partial charge in [-0.2, -0.15) is 0 Å². The lowest BCUT2D eigenvalue weighted by Gasteiger charge is -2.33. The topological polar surface area (TPSA) is 70.7 Å². The minimum atomic E-state index is -4.75. The molecule has 1 aliphatic heterocycles. The third-order valence-corrected chi connectivity index (χ3v) is 3.98. The van der Waals surface area contributed by atoms with E-state index in [0.717, 1.165) is 12.1 Å². The van der Waals surface area contributed by atoms with E-state index in [-0.39, 0.29) is 23.6 Å². The molecule has 1 aromatic carbocycles. The van der Waals surface area contributed by atoms with E-state index < -0.39 is 12.4 Å². The highest BCUT2D eigenvalue weighted by molar-refractivity contribution is 5.89. The van der Waals surface area contributed by atoms with Crippen LogP contribution >= 0.6 is 0 Å². The van der Waals surface area contributed by atoms with Crippen LogP contribution < -0.4 is 15.4 Å². The van der Waals surface area contributed by atoms with E-state index in [4.69, 9.17) is 0 Å². The Labute approximate surface area is 149 Å². The number of anilines is 1. The van der Waals surface area contributed by atoms with Gasteiger partial charge in [0.05, 0.1) is 0 Å². The van der Waals surface area contributed by atoms with Crippen LogP contribution in [-0.2, 0) is 4.79 Å². The number of halogens is 3. The Bertz CT molecular complexity index is 624. The van der Waals surface area contributed by atoms with E-state index in [1.807, 2.05) is 13.8 Å². The highest BCUT2D eigenvalue weighted by Crippen LogP contribution is 2.24. The number of hydrogen-bond acceptors (Lipinski definition) is 3. The molecule has 6 nitrogen and oxygen atoms in total. The van der Waals surface area contributed by atoms with Gasteiger partial charge in [-0.3, -0.25) is 4.79 Å². The van der Waals surface area contributed by atoms with Crippen LogP contribution in [0.1, 0.15) is 26.7 Å². The average Bonchev–Trinajstić information content (AvgIpc) is 2.55. The van der Waals surface area contributed by atoms with Gasteiger partial charge >= 0.3 is 12.4 Å². The predicted molar refractivity (Wildman–Crippen MR) is 89.7 cm³/mol. The quantitative estimate of drug-likeness (QED) is 0.850. The van der Waals surface area contributed by atoms with Gasteiger partial charge in [-0.1, -0.05) is 13.8 Å². The molecule has 26 heavy (non-hydrogen) atoms. The summed E-state index contributed by atoms with van der Waals surface area (Å²) < 4.78 is 40.1. The largest absolute Gasteiger partial charge is 0.573 e. The van der Waals surface area contributed by atoms with Gasteiger partial charge < -0.3 is 20.3 Å². The summed E-state index contributed by atoms with van der Waals surface area (Å²) in [5.41, 5.74) is 0.351. The molecule has 1 fully saturated rings. The van der Waals surface area contributed by atoms with E-state index in [2.05, 4.69) is 15.4 Å². The van der Waals surface area contributed by atoms with E-state index in [9.17, 15) is 22.8 Å². The lowest BCUT2D eigenvalue weighted by molar-refractivity contribution is -0.274. The molecule has 1 aliphatic rings. The summed E-state index contributed by atoms with van der Waals surface area (Å²) in [6, 6.07) is 4.40. The van der Waals surface area contributed by atoms with Crippen LogP contribution in [0.25, 0.3) is 0 Å². The molecule has 1 heterocycles. The Hall–Kier alpha value is -2.45. The number of amides is 3. The fourth-order valence-electron chi connectivity index (χ4n) is 2.70. The van der Waals surface area contributed by atoms with Crippen LogP contribution in [0.3, 0.4) is 0 Å². The molecule has 3 amide bonds. The van der Waals surface area contributed by atoms with E-state index in [0.29, 0.717) is 31.6 Å². The van der Waals surface area contributed by atoms with Crippen molar-refractivity contribution in [2.75, 3.05) is 18.4 Å². The second-order valence-corrected chi connectivity index (χ2v) is 6.42. The molecule has 0 aliphatic carbocycles. The number of piperidine rings is 1. The molecule has 0 atom stereocenters. The van der Waals surface area contributed by atoms with Gasteiger partial charge in [0, 0.05) is 30.7 Å². The first kappa shape index (κ1) is 19.9. The molecule has 0 aromatic heterocycles. The van der Waals surface area contributed by atoms with Crippen LogP contribution in [0.4, 0.5) is 23.7 Å². The lowest BCUT2D eigenvalue weighted by atomic mass is 10.0. The molecule has 0 bridgehead atoms. The number of benzene rings is 1. The molecular formula is C17H22F3N3O3. The highest BCUT2D eigenvalue weighted by Gasteiger charge is 2.31. The maximum atomic E-state index is 12.1. The summed E-state index contributed by atoms with van der Waals surface area (Å²) in [6.07, 6.45) is -3.44. The SMILES string of the molecule is CC(C)C(=O)N1CCC(NC(=O)Nc2ccc(OC(F)(F)F)cc2)CC1. The summed E-state index contributed by atoms with van der Waals surface area (Å²) in [7, 11) is 0. The zero-order valence-electron chi connectivity index (χ0n) is 14.6. The average molecular weight is 373 g/mol. The van der Waals surface area contributed by atoms with Crippen molar-refractivity contribution in [3.05, 3.63) is 24.3 Å². The summed E-state index contributed by atoms with van der Waals surface area (Å²) in [6.45, 7) is 4.88. The molecule has 1 saturated heterocycles. The third-order valence-electron chi connectivity index (χ3n) is 3.98. The van der Waals surface area contributed by atoms with Crippen molar-refractivity contribution < 1.29 is 27.5 Å². The number of ether oxygens (including phenoxy) is 1. The number of nitrogens with zero attached hydrogens (tertiary/aromatic N) is 1. The normalized spacial score (nSPS) is 15.7. The van der Waals surface area contributed by atoms with Crippen LogP contribution in [0.5, 0.6) is 5.75 Å². The van der Waals surface area contributed by atoms with Crippen molar-refractivity contribution in [3.63, 3.8) is 0 Å². The molecule has 0 unspecified atom stereocenters. The van der Waals surface area contributed by atoms with Gasteiger partial charge in [-0.05, 0) is 37.1 Å². The zero-order chi connectivity index (χ0) is 19.3. The maximum absolute atomic E-state index is 12.1. The summed E-state index contributed by atoms with van der Waals surface area (Å²) in [4.78, 5) is 25.7. The zero-order valence-corrected chi connectivity index (χ0v) is 14.6. The molecule has 2 N–H and O–H groups in total. The molecule has 0 radical (unpaired) electrons. The number of alkyl halides is 3. The number of likely N-dealkylation sites (tertiary alicyclic amines) is 1. The molecule has 2 rings (SSSR count). The molecule has 144 valence electrons. The Morgan fingerprint density at radius 3 is 2.23 bits per heavy atom. The minimum Gasteiger partial charge on any atom is -0.406 e. The third kappa shape index (κ3) is 6.12. The smallest absolute Gasteiger partial charge is 0.406 e. The van der Waals surface area contributed by atoms with Crippen LogP contribution in [0.2, 0.25) is 0 Å². The Kier molecular flexibility index (Phi) is 6.33. The molecule has 9 heteroatoms. The Morgan fingerprint density at radius 1 is 1.15 bits per heavy atom. The van der Waals surface area contributed by atoms with Gasteiger partial charge in [0.15, 0.2) is 0 Å². The highest BCUT2D eigenvalue weighted by atomic mass is 19.4.